The normalized spacial score (nSPS) is 12.2. The third-order valence-corrected chi connectivity index (χ3v) is 3.32. The Balaban J connectivity index is 3.00. The summed E-state index contributed by atoms with van der Waals surface area (Å²) in [5.74, 6) is 0. The molecular weight excluding hydrogens is 276 g/mol. The van der Waals surface area contributed by atoms with Gasteiger partial charge < -0.3 is 0 Å². The molecule has 0 atom stereocenters. The van der Waals surface area contributed by atoms with E-state index in [9.17, 15) is 8.42 Å². The molecule has 0 aromatic heterocycles. The van der Waals surface area contributed by atoms with Crippen molar-refractivity contribution in [3.8, 4) is 6.07 Å². The van der Waals surface area contributed by atoms with Gasteiger partial charge >= 0.3 is 0 Å². The monoisotopic (exact) mass is 288 g/mol. The number of hydrogen-bond acceptors (Lipinski definition) is 4. The largest absolute Gasteiger partial charge is 0.281 e. The second kappa shape index (κ2) is 5.24. The smallest absolute Gasteiger partial charge is 0.262 e. The molecule has 5 nitrogen and oxygen atoms in total. The molecule has 1 aromatic carbocycles. The van der Waals surface area contributed by atoms with Crippen LogP contribution in [0.25, 0.3) is 0 Å². The Morgan fingerprint density at radius 3 is 2.44 bits per heavy atom. The third-order valence-electron chi connectivity index (χ3n) is 1.83. The first-order valence-electron chi connectivity index (χ1n) is 5.05. The molecule has 0 radical (unpaired) electrons. The average Bonchev–Trinajstić information content (AvgIpc) is 2.25. The molecule has 0 amide bonds. The highest BCUT2D eigenvalue weighted by atomic mass is 35.5. The Morgan fingerprint density at radius 2 is 2.00 bits per heavy atom. The summed E-state index contributed by atoms with van der Waals surface area (Å²) in [4.78, 5) is 6.95. The predicted molar refractivity (Wildman–Crippen MR) is 67.3 cm³/mol. The van der Waals surface area contributed by atoms with Crippen LogP contribution in [0.5, 0.6) is 0 Å². The molecule has 0 saturated heterocycles. The van der Waals surface area contributed by atoms with Crippen LogP contribution in [0.3, 0.4) is 0 Å². The maximum Gasteiger partial charge on any atom is 0.262 e. The molecule has 0 unspecified atom stereocenters. The first-order valence-corrected chi connectivity index (χ1v) is 6.91. The molecule has 1 rings (SSSR count). The summed E-state index contributed by atoms with van der Waals surface area (Å²) in [7, 11) is -3.81. The van der Waals surface area contributed by atoms with E-state index in [0.717, 1.165) is 0 Å². The van der Waals surface area contributed by atoms with Crippen molar-refractivity contribution < 1.29 is 13.3 Å². The van der Waals surface area contributed by atoms with E-state index in [1.807, 2.05) is 11.0 Å². The van der Waals surface area contributed by atoms with Gasteiger partial charge in [-0.3, -0.25) is 4.84 Å². The van der Waals surface area contributed by atoms with Gasteiger partial charge in [-0.05, 0) is 39.0 Å². The van der Waals surface area contributed by atoms with E-state index < -0.39 is 15.6 Å². The summed E-state index contributed by atoms with van der Waals surface area (Å²) in [5, 5.41) is 8.78. The van der Waals surface area contributed by atoms with Gasteiger partial charge in [-0.15, -0.1) is 0 Å². The Kier molecular flexibility index (Phi) is 4.35. The van der Waals surface area contributed by atoms with Crippen LogP contribution in [-0.2, 0) is 14.9 Å². The minimum absolute atomic E-state index is 0.0595. The number of nitriles is 1. The van der Waals surface area contributed by atoms with Crippen LogP contribution < -0.4 is 4.89 Å². The Labute approximate surface area is 111 Å². The van der Waals surface area contributed by atoms with Gasteiger partial charge in [0.2, 0.25) is 0 Å². The lowest BCUT2D eigenvalue weighted by Crippen LogP contribution is -2.33. The van der Waals surface area contributed by atoms with E-state index in [1.54, 1.807) is 20.8 Å². The quantitative estimate of drug-likeness (QED) is 0.865. The topological polar surface area (TPSA) is 79.2 Å². The molecule has 0 aliphatic heterocycles. The van der Waals surface area contributed by atoms with Crippen LogP contribution in [0.4, 0.5) is 0 Å². The summed E-state index contributed by atoms with van der Waals surface area (Å²) in [5.41, 5.74) is -0.434. The lowest BCUT2D eigenvalue weighted by Gasteiger charge is -2.19. The Hall–Kier alpha value is -1.13. The van der Waals surface area contributed by atoms with Gasteiger partial charge in [-0.25, -0.2) is 8.42 Å². The van der Waals surface area contributed by atoms with Crippen LogP contribution in [0.15, 0.2) is 23.1 Å². The summed E-state index contributed by atoms with van der Waals surface area (Å²) >= 11 is 5.77. The number of sulfonamides is 1. The number of nitrogens with zero attached hydrogens (tertiary/aromatic N) is 1. The van der Waals surface area contributed by atoms with Crippen molar-refractivity contribution in [2.45, 2.75) is 31.3 Å². The molecule has 0 heterocycles. The number of hydrogen-bond donors (Lipinski definition) is 1. The van der Waals surface area contributed by atoms with Crippen LogP contribution in [0.2, 0.25) is 5.02 Å². The highest BCUT2D eigenvalue weighted by Crippen LogP contribution is 2.20. The van der Waals surface area contributed by atoms with E-state index >= 15 is 0 Å². The van der Waals surface area contributed by atoms with Crippen molar-refractivity contribution in [2.75, 3.05) is 0 Å². The summed E-state index contributed by atoms with van der Waals surface area (Å²) in [6, 6.07) is 5.69. The Morgan fingerprint density at radius 1 is 1.39 bits per heavy atom. The molecule has 0 aliphatic rings. The molecule has 0 aliphatic carbocycles. The van der Waals surface area contributed by atoms with Crippen molar-refractivity contribution in [1.29, 1.82) is 5.26 Å². The SMILES string of the molecule is CC(C)(C)ONS(=O)(=O)c1ccc(C#N)c(Cl)c1. The van der Waals surface area contributed by atoms with Crippen LogP contribution >= 0.6 is 11.6 Å². The van der Waals surface area contributed by atoms with Gasteiger partial charge in [0.05, 0.1) is 21.1 Å². The number of nitrogens with one attached hydrogen (secondary N) is 1. The van der Waals surface area contributed by atoms with Crippen LogP contribution in [-0.4, -0.2) is 14.0 Å². The second-order valence-electron chi connectivity index (χ2n) is 4.55. The fourth-order valence-corrected chi connectivity index (χ4v) is 2.25. The van der Waals surface area contributed by atoms with Crippen molar-refractivity contribution in [2.24, 2.45) is 0 Å². The van der Waals surface area contributed by atoms with E-state index in [4.69, 9.17) is 21.7 Å². The molecule has 0 saturated carbocycles. The number of halogens is 1. The van der Waals surface area contributed by atoms with Gasteiger partial charge in [-0.2, -0.15) is 5.26 Å². The molecule has 0 spiro atoms. The average molecular weight is 289 g/mol. The maximum absolute atomic E-state index is 11.9. The first-order chi connectivity index (χ1) is 8.15. The molecule has 7 heteroatoms. The van der Waals surface area contributed by atoms with Crippen LogP contribution in [0.1, 0.15) is 26.3 Å². The third kappa shape index (κ3) is 3.96. The molecule has 0 fully saturated rings. The molecule has 1 N–H and O–H groups in total. The Bertz CT molecular complexity index is 585. The van der Waals surface area contributed by atoms with E-state index in [-0.39, 0.29) is 15.5 Å². The van der Waals surface area contributed by atoms with E-state index in [0.29, 0.717) is 0 Å². The zero-order valence-electron chi connectivity index (χ0n) is 10.2. The van der Waals surface area contributed by atoms with Crippen molar-refractivity contribution in [3.63, 3.8) is 0 Å². The maximum atomic E-state index is 11.9. The minimum Gasteiger partial charge on any atom is -0.281 e. The van der Waals surface area contributed by atoms with E-state index in [2.05, 4.69) is 0 Å². The minimum atomic E-state index is -3.81. The van der Waals surface area contributed by atoms with Gasteiger partial charge in [0, 0.05) is 0 Å². The van der Waals surface area contributed by atoms with Crippen molar-refractivity contribution >= 4 is 21.6 Å². The highest BCUT2D eigenvalue weighted by molar-refractivity contribution is 7.89. The highest BCUT2D eigenvalue weighted by Gasteiger charge is 2.20. The standard InChI is InChI=1S/C11H13ClN2O3S/c1-11(2,3)17-14-18(15,16)9-5-4-8(7-13)10(12)6-9/h4-6,14H,1-3H3. The zero-order valence-corrected chi connectivity index (χ0v) is 11.8. The summed E-state index contributed by atoms with van der Waals surface area (Å²) in [6.07, 6.45) is 0. The number of rotatable bonds is 3. The zero-order chi connectivity index (χ0) is 14.0. The molecule has 98 valence electrons. The summed E-state index contributed by atoms with van der Waals surface area (Å²) in [6.45, 7) is 5.13. The molecule has 0 bridgehead atoms. The molecule has 1 aromatic rings. The summed E-state index contributed by atoms with van der Waals surface area (Å²) < 4.78 is 23.7. The van der Waals surface area contributed by atoms with Gasteiger partial charge in [0.25, 0.3) is 10.0 Å². The second-order valence-corrected chi connectivity index (χ2v) is 6.61. The lowest BCUT2D eigenvalue weighted by atomic mass is 10.2. The van der Waals surface area contributed by atoms with Gasteiger partial charge in [0.15, 0.2) is 0 Å². The van der Waals surface area contributed by atoms with Crippen LogP contribution in [0, 0.1) is 11.3 Å². The fraction of sp³-hybridized carbons (Fsp3) is 0.364. The molecular formula is C11H13ClN2O3S. The molecule has 18 heavy (non-hydrogen) atoms. The fourth-order valence-electron chi connectivity index (χ4n) is 0.982. The van der Waals surface area contributed by atoms with Gasteiger partial charge in [-0.1, -0.05) is 16.5 Å². The van der Waals surface area contributed by atoms with Gasteiger partial charge in [0.1, 0.15) is 6.07 Å². The first kappa shape index (κ1) is 14.9. The predicted octanol–water partition coefficient (Wildman–Crippen LogP) is 2.22. The van der Waals surface area contributed by atoms with Crippen molar-refractivity contribution in [1.82, 2.24) is 4.89 Å². The van der Waals surface area contributed by atoms with Crippen molar-refractivity contribution in [3.05, 3.63) is 28.8 Å². The number of benzene rings is 1. The van der Waals surface area contributed by atoms with E-state index in [1.165, 1.54) is 18.2 Å². The lowest BCUT2D eigenvalue weighted by molar-refractivity contribution is -0.0357.